The van der Waals surface area contributed by atoms with Crippen molar-refractivity contribution in [3.8, 4) is 56.0 Å². The molecule has 7 aromatic rings. The van der Waals surface area contributed by atoms with E-state index in [0.29, 0.717) is 5.75 Å². The van der Waals surface area contributed by atoms with Crippen LogP contribution in [0, 0.1) is 0 Å². The van der Waals surface area contributed by atoms with Crippen LogP contribution in [0.25, 0.3) is 44.5 Å². The van der Waals surface area contributed by atoms with E-state index < -0.39 is 0 Å². The molecule has 0 saturated carbocycles. The quantitative estimate of drug-likeness (QED) is 0.0924. The van der Waals surface area contributed by atoms with Crippen molar-refractivity contribution >= 4 is 42.9 Å². The third-order valence-electron chi connectivity index (χ3n) is 8.99. The maximum absolute atomic E-state index is 9.01. The topological polar surface area (TPSA) is 50.7 Å². The number of anilines is 2. The third-order valence-corrected chi connectivity index (χ3v) is 8.99. The molecule has 0 unspecified atom stereocenters. The van der Waals surface area contributed by atoms with Gasteiger partial charge in [-0.1, -0.05) is 132 Å². The van der Waals surface area contributed by atoms with Crippen molar-refractivity contribution in [2.75, 3.05) is 12.4 Å². The Morgan fingerprint density at radius 3 is 1.82 bits per heavy atom. The number of ether oxygens (including phenoxy) is 1. The van der Waals surface area contributed by atoms with Crippen LogP contribution < -0.4 is 31.3 Å². The minimum absolute atomic E-state index is 0.411. The van der Waals surface area contributed by atoms with Crippen LogP contribution >= 0.6 is 0 Å². The fourth-order valence-corrected chi connectivity index (χ4v) is 6.38. The summed E-state index contributed by atoms with van der Waals surface area (Å²) in [6, 6.07) is 56.7. The predicted molar refractivity (Wildman–Crippen MR) is 209 cm³/mol. The van der Waals surface area contributed by atoms with Gasteiger partial charge in [-0.3, -0.25) is 0 Å². The second-order valence-electron chi connectivity index (χ2n) is 12.2. The maximum atomic E-state index is 9.01. The van der Waals surface area contributed by atoms with Gasteiger partial charge in [0, 0.05) is 11.4 Å². The largest absolute Gasteiger partial charge is 0.497 e. The molecule has 49 heavy (non-hydrogen) atoms. The highest BCUT2D eigenvalue weighted by Crippen LogP contribution is 2.29. The van der Waals surface area contributed by atoms with Crippen molar-refractivity contribution in [2.45, 2.75) is 0 Å². The maximum Gasteiger partial charge on any atom is 0.195 e. The van der Waals surface area contributed by atoms with Gasteiger partial charge >= 0.3 is 0 Å². The predicted octanol–water partition coefficient (Wildman–Crippen LogP) is 7.60. The molecule has 0 atom stereocenters. The molecular weight excluding hydrogens is 600 g/mol. The second-order valence-corrected chi connectivity index (χ2v) is 12.2. The lowest BCUT2D eigenvalue weighted by Crippen LogP contribution is -2.30. The highest BCUT2D eigenvalue weighted by molar-refractivity contribution is 6.70. The molecule has 7 aromatic carbocycles. The Hall–Kier alpha value is -5.97. The molecule has 0 aliphatic carbocycles. The lowest BCUT2D eigenvalue weighted by Gasteiger charge is -2.17. The zero-order valence-electron chi connectivity index (χ0n) is 27.6. The van der Waals surface area contributed by atoms with Crippen molar-refractivity contribution in [3.05, 3.63) is 164 Å². The molecule has 6 heteroatoms. The van der Waals surface area contributed by atoms with Crippen molar-refractivity contribution in [1.29, 1.82) is 0 Å². The van der Waals surface area contributed by atoms with Crippen LogP contribution in [0.4, 0.5) is 11.4 Å². The normalized spacial score (nSPS) is 10.7. The van der Waals surface area contributed by atoms with E-state index in [1.54, 1.807) is 19.2 Å². The molecular formula is C43H35B2NO3. The van der Waals surface area contributed by atoms with E-state index in [4.69, 9.17) is 9.99 Å². The van der Waals surface area contributed by atoms with Gasteiger partial charge in [0.15, 0.2) is 13.0 Å². The van der Waals surface area contributed by atoms with Crippen LogP contribution in [-0.4, -0.2) is 27.5 Å². The summed E-state index contributed by atoms with van der Waals surface area (Å²) in [5, 5.41) is 12.8. The second kappa shape index (κ2) is 14.4. The summed E-state index contributed by atoms with van der Waals surface area (Å²) in [5.74, 6) is 1.25. The number of rotatable bonds is 10. The van der Waals surface area contributed by atoms with E-state index in [1.165, 1.54) is 33.1 Å². The Kier molecular flexibility index (Phi) is 9.31. The van der Waals surface area contributed by atoms with Crippen LogP contribution in [0.2, 0.25) is 0 Å². The van der Waals surface area contributed by atoms with Crippen LogP contribution in [0.15, 0.2) is 164 Å². The first kappa shape index (κ1) is 31.6. The average molecular weight is 635 g/mol. The molecule has 7 rings (SSSR count). The average Bonchev–Trinajstić information content (AvgIpc) is 3.16. The summed E-state index contributed by atoms with van der Waals surface area (Å²) >= 11 is 0. The van der Waals surface area contributed by atoms with E-state index >= 15 is 0 Å². The summed E-state index contributed by atoms with van der Waals surface area (Å²) in [5.41, 5.74) is 14.9. The highest BCUT2D eigenvalue weighted by Gasteiger charge is 2.14. The highest BCUT2D eigenvalue weighted by atomic mass is 17.1. The lowest BCUT2D eigenvalue weighted by molar-refractivity contribution is -0.137. The van der Waals surface area contributed by atoms with Gasteiger partial charge in [-0.2, -0.15) is 0 Å². The molecule has 0 fully saturated rings. The Morgan fingerprint density at radius 2 is 1.10 bits per heavy atom. The van der Waals surface area contributed by atoms with Crippen molar-refractivity contribution in [1.82, 2.24) is 0 Å². The standard InChI is InChI=1S/C43H35B2NO3/c1-48-36-21-16-30(17-22-36)32-20-25-43(46-35-11-7-10-34(27-35)38-12-2-4-14-40(38)44)42(28-32)45-41-15-5-3-13-39(41)33-9-6-8-31(26-33)29-18-23-37(49-47)24-19-29/h2-28,45-47H,44H2,1H3. The van der Waals surface area contributed by atoms with Crippen molar-refractivity contribution in [3.63, 3.8) is 0 Å². The molecule has 0 saturated heterocycles. The van der Waals surface area contributed by atoms with Crippen LogP contribution in [0.5, 0.6) is 11.5 Å². The third kappa shape index (κ3) is 7.15. The van der Waals surface area contributed by atoms with Gasteiger partial charge < -0.3 is 14.9 Å². The molecule has 0 amide bonds. The monoisotopic (exact) mass is 635 g/mol. The fourth-order valence-electron chi connectivity index (χ4n) is 6.38. The van der Waals surface area contributed by atoms with Gasteiger partial charge in [-0.25, -0.2) is 5.26 Å². The molecule has 0 radical (unpaired) electrons. The molecule has 2 N–H and O–H groups in total. The van der Waals surface area contributed by atoms with Crippen molar-refractivity contribution < 1.29 is 14.9 Å². The molecule has 0 spiro atoms. The summed E-state index contributed by atoms with van der Waals surface area (Å²) in [7, 11) is 4.57. The van der Waals surface area contributed by atoms with E-state index in [0.717, 1.165) is 52.2 Å². The Bertz CT molecular complexity index is 2220. The van der Waals surface area contributed by atoms with E-state index in [9.17, 15) is 0 Å². The summed E-state index contributed by atoms with van der Waals surface area (Å²) in [6.07, 6.45) is 0. The summed E-state index contributed by atoms with van der Waals surface area (Å²) in [6.45, 7) is 0. The van der Waals surface area contributed by atoms with Crippen LogP contribution in [0.3, 0.4) is 0 Å². The lowest BCUT2D eigenvalue weighted by atomic mass is 9.60. The Balaban J connectivity index is 1.27. The van der Waals surface area contributed by atoms with Gasteiger partial charge in [-0.15, -0.1) is 0 Å². The molecule has 236 valence electrons. The first-order valence-electron chi connectivity index (χ1n) is 16.4. The first-order valence-corrected chi connectivity index (χ1v) is 16.4. The van der Waals surface area contributed by atoms with E-state index in [2.05, 4.69) is 145 Å². The molecule has 4 nitrogen and oxygen atoms in total. The number of benzene rings is 7. The summed E-state index contributed by atoms with van der Waals surface area (Å²) < 4.78 is 5.42. The van der Waals surface area contributed by atoms with Crippen LogP contribution in [-0.2, 0) is 0 Å². The minimum Gasteiger partial charge on any atom is -0.497 e. The van der Waals surface area contributed by atoms with E-state index in [1.807, 2.05) is 24.3 Å². The fraction of sp³-hybridized carbons (Fsp3) is 0.0233. The molecule has 0 aliphatic rings. The summed E-state index contributed by atoms with van der Waals surface area (Å²) in [4.78, 5) is 4.38. The number of methoxy groups -OCH3 is 1. The molecule has 0 aromatic heterocycles. The smallest absolute Gasteiger partial charge is 0.195 e. The van der Waals surface area contributed by atoms with Gasteiger partial charge in [0.25, 0.3) is 0 Å². The van der Waals surface area contributed by atoms with E-state index in [-0.39, 0.29) is 0 Å². The minimum atomic E-state index is 0.411. The van der Waals surface area contributed by atoms with Gasteiger partial charge in [0.1, 0.15) is 13.6 Å². The molecule has 0 aliphatic heterocycles. The number of hydrogen-bond donors (Lipinski definition) is 2. The SMILES string of the molecule is Bc1ccccc1-c1cccc(Nc2ccc(-c3ccc(OC)cc3)cc2Bc2ccccc2-c2cccc(-c3ccc(OO)cc3)c2)c1. The van der Waals surface area contributed by atoms with Gasteiger partial charge in [-0.05, 0) is 93.0 Å². The molecule has 0 heterocycles. The number of nitrogens with one attached hydrogen (secondary N) is 1. The molecule has 0 bridgehead atoms. The Morgan fingerprint density at radius 1 is 0.510 bits per heavy atom. The Labute approximate surface area is 289 Å². The first-order chi connectivity index (χ1) is 24.1. The van der Waals surface area contributed by atoms with Crippen LogP contribution in [0.1, 0.15) is 0 Å². The van der Waals surface area contributed by atoms with Gasteiger partial charge in [0.2, 0.25) is 0 Å². The van der Waals surface area contributed by atoms with Gasteiger partial charge in [0.05, 0.1) is 7.11 Å². The van der Waals surface area contributed by atoms with Crippen molar-refractivity contribution in [2.24, 2.45) is 0 Å². The zero-order chi connectivity index (χ0) is 33.6. The number of hydrogen-bond acceptors (Lipinski definition) is 4. The zero-order valence-corrected chi connectivity index (χ0v) is 27.6.